The van der Waals surface area contributed by atoms with E-state index in [1.807, 2.05) is 0 Å². The van der Waals surface area contributed by atoms with Crippen LogP contribution in [0.15, 0.2) is 29.4 Å². The molecule has 3 nitrogen and oxygen atoms in total. The Labute approximate surface area is 90.6 Å². The van der Waals surface area contributed by atoms with Crippen molar-refractivity contribution in [1.29, 1.82) is 0 Å². The molecule has 0 fully saturated rings. The van der Waals surface area contributed by atoms with Gasteiger partial charge in [-0.3, -0.25) is 0 Å². The summed E-state index contributed by atoms with van der Waals surface area (Å²) >= 11 is 0. The number of rotatable bonds is 5. The van der Waals surface area contributed by atoms with Gasteiger partial charge in [0.1, 0.15) is 5.84 Å². The van der Waals surface area contributed by atoms with Crippen LogP contribution < -0.4 is 5.73 Å². The molecule has 82 valence electrons. The van der Waals surface area contributed by atoms with Crippen molar-refractivity contribution in [3.05, 3.63) is 35.4 Å². The van der Waals surface area contributed by atoms with Gasteiger partial charge < -0.3 is 10.9 Å². The summed E-state index contributed by atoms with van der Waals surface area (Å²) in [6, 6.07) is 8.50. The van der Waals surface area contributed by atoms with Crippen LogP contribution in [0.2, 0.25) is 0 Å². The van der Waals surface area contributed by atoms with E-state index in [9.17, 15) is 0 Å². The van der Waals surface area contributed by atoms with Crippen molar-refractivity contribution in [3.8, 4) is 0 Å². The van der Waals surface area contributed by atoms with E-state index in [1.165, 1.54) is 17.5 Å². The maximum absolute atomic E-state index is 8.39. The lowest BCUT2D eigenvalue weighted by Crippen LogP contribution is -2.12. The molecular weight excluding hydrogens is 188 g/mol. The predicted molar refractivity (Wildman–Crippen MR) is 62.2 cm³/mol. The van der Waals surface area contributed by atoms with Gasteiger partial charge in [-0.25, -0.2) is 0 Å². The minimum absolute atomic E-state index is 0.285. The molecule has 0 aliphatic rings. The maximum Gasteiger partial charge on any atom is 0.139 e. The van der Waals surface area contributed by atoms with E-state index in [4.69, 9.17) is 10.9 Å². The number of nitrogens with zero attached hydrogens (tertiary/aromatic N) is 1. The molecule has 0 aromatic heterocycles. The number of oxime groups is 1. The van der Waals surface area contributed by atoms with Gasteiger partial charge in [-0.15, -0.1) is 0 Å². The van der Waals surface area contributed by atoms with Crippen molar-refractivity contribution in [1.82, 2.24) is 0 Å². The topological polar surface area (TPSA) is 58.6 Å². The van der Waals surface area contributed by atoms with Crippen LogP contribution in [-0.2, 0) is 12.8 Å². The Morgan fingerprint density at radius 2 is 1.73 bits per heavy atom. The van der Waals surface area contributed by atoms with Crippen LogP contribution >= 0.6 is 0 Å². The fourth-order valence-electron chi connectivity index (χ4n) is 1.48. The smallest absolute Gasteiger partial charge is 0.139 e. The molecular formula is C12H18N2O. The Kier molecular flexibility index (Phi) is 4.68. The molecule has 0 aliphatic heterocycles. The highest BCUT2D eigenvalue weighted by atomic mass is 16.4. The zero-order valence-electron chi connectivity index (χ0n) is 9.11. The number of amidine groups is 1. The molecule has 3 heteroatoms. The zero-order valence-corrected chi connectivity index (χ0v) is 9.11. The van der Waals surface area contributed by atoms with Gasteiger partial charge in [0, 0.05) is 6.42 Å². The molecule has 0 spiro atoms. The lowest BCUT2D eigenvalue weighted by atomic mass is 10.0. The first-order valence-electron chi connectivity index (χ1n) is 5.30. The van der Waals surface area contributed by atoms with Crippen LogP contribution in [0.4, 0.5) is 0 Å². The number of nitrogens with two attached hydrogens (primary N) is 1. The molecule has 0 aliphatic carbocycles. The molecule has 1 aromatic rings. The lowest BCUT2D eigenvalue weighted by molar-refractivity contribution is 0.317. The summed E-state index contributed by atoms with van der Waals surface area (Å²) in [4.78, 5) is 0. The summed E-state index contributed by atoms with van der Waals surface area (Å²) in [6.07, 6.45) is 3.72. The molecule has 0 amide bonds. The van der Waals surface area contributed by atoms with Crippen LogP contribution in [-0.4, -0.2) is 11.0 Å². The zero-order chi connectivity index (χ0) is 11.1. The minimum Gasteiger partial charge on any atom is -0.409 e. The quantitative estimate of drug-likeness (QED) is 0.336. The number of hydrogen-bond donors (Lipinski definition) is 2. The third kappa shape index (κ3) is 4.02. The number of benzene rings is 1. The molecule has 3 N–H and O–H groups in total. The SMILES string of the molecule is CCCc1ccc(CCC(N)=NO)cc1. The van der Waals surface area contributed by atoms with Gasteiger partial charge in [0.25, 0.3) is 0 Å². The highest BCUT2D eigenvalue weighted by Gasteiger charge is 1.97. The standard InChI is InChI=1S/C12H18N2O/c1-2-3-10-4-6-11(7-5-10)8-9-12(13)14-15/h4-7,15H,2-3,8-9H2,1H3,(H2,13,14). The summed E-state index contributed by atoms with van der Waals surface area (Å²) in [5.74, 6) is 0.285. The fourth-order valence-corrected chi connectivity index (χ4v) is 1.48. The molecule has 0 bridgehead atoms. The van der Waals surface area contributed by atoms with Gasteiger partial charge in [0.2, 0.25) is 0 Å². The van der Waals surface area contributed by atoms with Crippen molar-refractivity contribution in [2.45, 2.75) is 32.6 Å². The third-order valence-corrected chi connectivity index (χ3v) is 2.36. The second kappa shape index (κ2) is 6.06. The van der Waals surface area contributed by atoms with E-state index < -0.39 is 0 Å². The van der Waals surface area contributed by atoms with Crippen molar-refractivity contribution >= 4 is 5.84 Å². The molecule has 0 atom stereocenters. The Balaban J connectivity index is 2.49. The van der Waals surface area contributed by atoms with Gasteiger partial charge >= 0.3 is 0 Å². The Morgan fingerprint density at radius 3 is 2.20 bits per heavy atom. The highest BCUT2D eigenvalue weighted by Crippen LogP contribution is 2.08. The molecule has 0 saturated carbocycles. The van der Waals surface area contributed by atoms with Gasteiger partial charge in [0.15, 0.2) is 0 Å². The lowest BCUT2D eigenvalue weighted by Gasteiger charge is -2.02. The van der Waals surface area contributed by atoms with Crippen molar-refractivity contribution < 1.29 is 5.21 Å². The first-order valence-corrected chi connectivity index (χ1v) is 5.30. The van der Waals surface area contributed by atoms with E-state index in [-0.39, 0.29) is 5.84 Å². The van der Waals surface area contributed by atoms with Gasteiger partial charge in [-0.1, -0.05) is 42.8 Å². The van der Waals surface area contributed by atoms with E-state index >= 15 is 0 Å². The molecule has 0 heterocycles. The second-order valence-corrected chi connectivity index (χ2v) is 3.66. The summed E-state index contributed by atoms with van der Waals surface area (Å²) < 4.78 is 0. The van der Waals surface area contributed by atoms with Crippen LogP contribution in [0.25, 0.3) is 0 Å². The maximum atomic E-state index is 8.39. The van der Waals surface area contributed by atoms with Crippen LogP contribution in [0.3, 0.4) is 0 Å². The van der Waals surface area contributed by atoms with Gasteiger partial charge in [-0.2, -0.15) is 0 Å². The van der Waals surface area contributed by atoms with Gasteiger partial charge in [0.05, 0.1) is 0 Å². The van der Waals surface area contributed by atoms with Crippen molar-refractivity contribution in [2.24, 2.45) is 10.9 Å². The summed E-state index contributed by atoms with van der Waals surface area (Å²) in [6.45, 7) is 2.17. The molecule has 0 radical (unpaired) electrons. The normalized spacial score (nSPS) is 11.7. The average molecular weight is 206 g/mol. The van der Waals surface area contributed by atoms with E-state index in [1.54, 1.807) is 0 Å². The van der Waals surface area contributed by atoms with Crippen LogP contribution in [0.1, 0.15) is 30.9 Å². The van der Waals surface area contributed by atoms with Gasteiger partial charge in [-0.05, 0) is 24.0 Å². The third-order valence-electron chi connectivity index (χ3n) is 2.36. The Hall–Kier alpha value is -1.51. The monoisotopic (exact) mass is 206 g/mol. The van der Waals surface area contributed by atoms with E-state index in [0.29, 0.717) is 6.42 Å². The average Bonchev–Trinajstić information content (AvgIpc) is 2.28. The largest absolute Gasteiger partial charge is 0.409 e. The minimum atomic E-state index is 0.285. The highest BCUT2D eigenvalue weighted by molar-refractivity contribution is 5.79. The predicted octanol–water partition coefficient (Wildman–Crippen LogP) is 2.32. The first kappa shape index (κ1) is 11.6. The molecule has 0 saturated heterocycles. The molecule has 0 unspecified atom stereocenters. The Morgan fingerprint density at radius 1 is 1.20 bits per heavy atom. The summed E-state index contributed by atoms with van der Waals surface area (Å²) in [7, 11) is 0. The fraction of sp³-hybridized carbons (Fsp3) is 0.417. The van der Waals surface area contributed by atoms with Crippen molar-refractivity contribution in [3.63, 3.8) is 0 Å². The first-order chi connectivity index (χ1) is 7.26. The van der Waals surface area contributed by atoms with E-state index in [2.05, 4.69) is 36.3 Å². The molecule has 1 rings (SSSR count). The van der Waals surface area contributed by atoms with Crippen LogP contribution in [0.5, 0.6) is 0 Å². The second-order valence-electron chi connectivity index (χ2n) is 3.66. The summed E-state index contributed by atoms with van der Waals surface area (Å²) in [5.41, 5.74) is 7.99. The number of hydrogen-bond acceptors (Lipinski definition) is 2. The van der Waals surface area contributed by atoms with Crippen molar-refractivity contribution in [2.75, 3.05) is 0 Å². The van der Waals surface area contributed by atoms with E-state index in [0.717, 1.165) is 12.8 Å². The molecule has 1 aromatic carbocycles. The summed E-state index contributed by atoms with van der Waals surface area (Å²) in [5, 5.41) is 11.3. The molecule has 15 heavy (non-hydrogen) atoms. The number of aryl methyl sites for hydroxylation is 2. The Bertz CT molecular complexity index is 317. The van der Waals surface area contributed by atoms with Crippen LogP contribution in [0, 0.1) is 0 Å².